The number of hydrogen-bond donors (Lipinski definition) is 1. The van der Waals surface area contributed by atoms with Gasteiger partial charge in [-0.3, -0.25) is 14.3 Å². The van der Waals surface area contributed by atoms with E-state index in [1.165, 1.54) is 12.5 Å². The average molecular weight is 419 g/mol. The van der Waals surface area contributed by atoms with E-state index in [9.17, 15) is 14.4 Å². The average Bonchev–Trinajstić information content (AvgIpc) is 3.01. The number of ketones is 1. The maximum Gasteiger partial charge on any atom is 0.342 e. The fourth-order valence-electron chi connectivity index (χ4n) is 3.20. The van der Waals surface area contributed by atoms with Gasteiger partial charge >= 0.3 is 5.97 Å². The summed E-state index contributed by atoms with van der Waals surface area (Å²) < 4.78 is 6.96. The molecular weight excluding hydrogens is 394 g/mol. The van der Waals surface area contributed by atoms with Crippen LogP contribution in [-0.2, 0) is 16.1 Å². The van der Waals surface area contributed by atoms with Gasteiger partial charge in [-0.2, -0.15) is 5.10 Å². The topological polar surface area (TPSA) is 90.3 Å². The Bertz CT molecular complexity index is 1110. The summed E-state index contributed by atoms with van der Waals surface area (Å²) in [6, 6.07) is 14.6. The number of nitrogens with one attached hydrogen (secondary N) is 1. The molecule has 1 amide bonds. The van der Waals surface area contributed by atoms with Gasteiger partial charge in [0.05, 0.1) is 17.9 Å². The van der Waals surface area contributed by atoms with Gasteiger partial charge in [-0.1, -0.05) is 29.8 Å². The minimum Gasteiger partial charge on any atom is -0.452 e. The lowest BCUT2D eigenvalue weighted by Gasteiger charge is -2.08. The number of aromatic nitrogens is 2. The van der Waals surface area contributed by atoms with Crippen LogP contribution in [0.2, 0.25) is 0 Å². The third kappa shape index (κ3) is 5.45. The van der Waals surface area contributed by atoms with Crippen LogP contribution in [0.1, 0.15) is 50.2 Å². The second kappa shape index (κ2) is 9.38. The molecule has 2 aromatic carbocycles. The van der Waals surface area contributed by atoms with Crippen molar-refractivity contribution in [2.75, 3.05) is 11.9 Å². The lowest BCUT2D eigenvalue weighted by atomic mass is 10.1. The van der Waals surface area contributed by atoms with Crippen molar-refractivity contribution in [3.8, 4) is 0 Å². The van der Waals surface area contributed by atoms with E-state index in [1.54, 1.807) is 42.8 Å². The second-order valence-corrected chi connectivity index (χ2v) is 7.45. The molecule has 0 atom stereocenters. The lowest BCUT2D eigenvalue weighted by Crippen LogP contribution is -2.21. The Hall–Kier alpha value is -3.74. The summed E-state index contributed by atoms with van der Waals surface area (Å²) >= 11 is 0. The van der Waals surface area contributed by atoms with E-state index in [0.29, 0.717) is 34.7 Å². The van der Waals surface area contributed by atoms with Crippen molar-refractivity contribution in [1.29, 1.82) is 0 Å². The molecule has 160 valence electrons. The van der Waals surface area contributed by atoms with E-state index in [1.807, 2.05) is 31.2 Å². The molecule has 0 fully saturated rings. The van der Waals surface area contributed by atoms with Crippen LogP contribution >= 0.6 is 0 Å². The molecule has 0 unspecified atom stereocenters. The van der Waals surface area contributed by atoms with Crippen LogP contribution in [0.5, 0.6) is 0 Å². The Balaban J connectivity index is 1.61. The third-order valence-electron chi connectivity index (χ3n) is 4.95. The smallest absolute Gasteiger partial charge is 0.342 e. The van der Waals surface area contributed by atoms with Crippen LogP contribution in [-0.4, -0.2) is 34.0 Å². The van der Waals surface area contributed by atoms with Crippen molar-refractivity contribution in [3.63, 3.8) is 0 Å². The molecule has 0 aliphatic rings. The number of carbonyl (C=O) groups excluding carboxylic acids is 3. The van der Waals surface area contributed by atoms with Crippen molar-refractivity contribution in [2.45, 2.75) is 34.2 Å². The fourth-order valence-corrected chi connectivity index (χ4v) is 3.20. The number of benzene rings is 2. The van der Waals surface area contributed by atoms with Gasteiger partial charge in [-0.15, -0.1) is 0 Å². The van der Waals surface area contributed by atoms with E-state index in [-0.39, 0.29) is 5.78 Å². The highest BCUT2D eigenvalue weighted by atomic mass is 16.5. The van der Waals surface area contributed by atoms with Crippen molar-refractivity contribution in [2.24, 2.45) is 0 Å². The molecule has 0 aliphatic heterocycles. The Morgan fingerprint density at radius 3 is 2.23 bits per heavy atom. The Morgan fingerprint density at radius 2 is 1.61 bits per heavy atom. The van der Waals surface area contributed by atoms with Gasteiger partial charge in [-0.05, 0) is 57.5 Å². The van der Waals surface area contributed by atoms with E-state index >= 15 is 0 Å². The molecule has 3 aromatic rings. The Kier molecular flexibility index (Phi) is 6.65. The molecule has 1 aromatic heterocycles. The highest BCUT2D eigenvalue weighted by molar-refractivity contribution is 5.97. The number of nitrogens with zero attached hydrogens (tertiary/aromatic N) is 2. The summed E-state index contributed by atoms with van der Waals surface area (Å²) in [5.41, 5.74) is 4.92. The summed E-state index contributed by atoms with van der Waals surface area (Å²) in [7, 11) is 0. The van der Waals surface area contributed by atoms with Gasteiger partial charge in [0.25, 0.3) is 5.91 Å². The van der Waals surface area contributed by atoms with Crippen LogP contribution in [0.4, 0.5) is 5.69 Å². The molecular formula is C24H25N3O4. The molecule has 1 N–H and O–H groups in total. The van der Waals surface area contributed by atoms with Gasteiger partial charge in [-0.25, -0.2) is 4.79 Å². The maximum absolute atomic E-state index is 12.6. The van der Waals surface area contributed by atoms with Crippen LogP contribution in [0, 0.1) is 20.8 Å². The highest BCUT2D eigenvalue weighted by Crippen LogP contribution is 2.17. The maximum atomic E-state index is 12.6. The van der Waals surface area contributed by atoms with Crippen molar-refractivity contribution in [3.05, 3.63) is 82.2 Å². The Labute approximate surface area is 181 Å². The summed E-state index contributed by atoms with van der Waals surface area (Å²) in [5, 5.41) is 7.09. The molecule has 0 aliphatic carbocycles. The van der Waals surface area contributed by atoms with Gasteiger partial charge in [0.15, 0.2) is 12.4 Å². The molecule has 7 nitrogen and oxygen atoms in total. The van der Waals surface area contributed by atoms with Crippen molar-refractivity contribution in [1.82, 2.24) is 9.78 Å². The zero-order valence-corrected chi connectivity index (χ0v) is 18.1. The predicted octanol–water partition coefficient (Wildman–Crippen LogP) is 3.85. The van der Waals surface area contributed by atoms with Gasteiger partial charge in [0.1, 0.15) is 5.56 Å². The number of carbonyl (C=O) groups is 3. The van der Waals surface area contributed by atoms with E-state index in [0.717, 1.165) is 5.56 Å². The van der Waals surface area contributed by atoms with Crippen LogP contribution in [0.3, 0.4) is 0 Å². The normalized spacial score (nSPS) is 10.6. The van der Waals surface area contributed by atoms with Gasteiger partial charge < -0.3 is 10.1 Å². The number of Topliss-reactive ketones (excluding diaryl/α,β-unsaturated/α-hetero) is 1. The second-order valence-electron chi connectivity index (χ2n) is 7.45. The minimum absolute atomic E-state index is 0.0551. The molecule has 0 saturated heterocycles. The largest absolute Gasteiger partial charge is 0.452 e. The molecule has 0 saturated carbocycles. The third-order valence-corrected chi connectivity index (χ3v) is 4.95. The molecule has 0 bridgehead atoms. The zero-order valence-electron chi connectivity index (χ0n) is 18.1. The molecule has 3 rings (SSSR count). The Morgan fingerprint density at radius 1 is 0.968 bits per heavy atom. The highest BCUT2D eigenvalue weighted by Gasteiger charge is 2.21. The quantitative estimate of drug-likeness (QED) is 0.464. The minimum atomic E-state index is -0.591. The number of ether oxygens (including phenoxy) is 1. The van der Waals surface area contributed by atoms with E-state index < -0.39 is 18.5 Å². The van der Waals surface area contributed by atoms with Crippen LogP contribution in [0.25, 0.3) is 0 Å². The number of esters is 1. The monoisotopic (exact) mass is 419 g/mol. The molecule has 1 heterocycles. The first-order chi connectivity index (χ1) is 14.7. The number of amides is 1. The SMILES string of the molecule is CC(=O)c1ccc(NC(=O)COC(=O)c2c(C)nn(Cc3ccc(C)cc3)c2C)cc1. The number of rotatable bonds is 7. The van der Waals surface area contributed by atoms with Crippen molar-refractivity contribution < 1.29 is 19.1 Å². The van der Waals surface area contributed by atoms with Crippen molar-refractivity contribution >= 4 is 23.3 Å². The first kappa shape index (κ1) is 22.0. The van der Waals surface area contributed by atoms with Gasteiger partial charge in [0, 0.05) is 11.3 Å². The van der Waals surface area contributed by atoms with E-state index in [4.69, 9.17) is 4.74 Å². The summed E-state index contributed by atoms with van der Waals surface area (Å²) in [4.78, 5) is 36.0. The van der Waals surface area contributed by atoms with E-state index in [2.05, 4.69) is 10.4 Å². The number of aryl methyl sites for hydroxylation is 2. The molecule has 7 heteroatoms. The number of hydrogen-bond acceptors (Lipinski definition) is 5. The standard InChI is InChI=1S/C24H25N3O4/c1-15-5-7-19(8-6-15)13-27-17(3)23(16(2)26-27)24(30)31-14-22(29)25-21-11-9-20(10-12-21)18(4)28/h5-12H,13-14H2,1-4H3,(H,25,29). The first-order valence-corrected chi connectivity index (χ1v) is 9.92. The summed E-state index contributed by atoms with van der Waals surface area (Å²) in [6.07, 6.45) is 0. The van der Waals surface area contributed by atoms with Crippen LogP contribution in [0.15, 0.2) is 48.5 Å². The lowest BCUT2D eigenvalue weighted by molar-refractivity contribution is -0.119. The first-order valence-electron chi connectivity index (χ1n) is 9.92. The number of anilines is 1. The van der Waals surface area contributed by atoms with Gasteiger partial charge in [0.2, 0.25) is 0 Å². The molecule has 0 radical (unpaired) electrons. The molecule has 0 spiro atoms. The van der Waals surface area contributed by atoms with Crippen LogP contribution < -0.4 is 5.32 Å². The summed E-state index contributed by atoms with van der Waals surface area (Å²) in [5.74, 6) is -1.11. The zero-order chi connectivity index (χ0) is 22.5. The molecule has 31 heavy (non-hydrogen) atoms. The fraction of sp³-hybridized carbons (Fsp3) is 0.250. The summed E-state index contributed by atoms with van der Waals surface area (Å²) in [6.45, 7) is 7.16. The predicted molar refractivity (Wildman–Crippen MR) is 117 cm³/mol.